The van der Waals surface area contributed by atoms with Gasteiger partial charge in [-0.1, -0.05) is 35.7 Å². The average Bonchev–Trinajstić information content (AvgIpc) is 2.37. The molecule has 1 fully saturated rings. The average molecular weight is 341 g/mol. The summed E-state index contributed by atoms with van der Waals surface area (Å²) in [7, 11) is 0. The Morgan fingerprint density at radius 2 is 2.30 bits per heavy atom. The van der Waals surface area contributed by atoms with Crippen LogP contribution >= 0.6 is 15.9 Å². The number of carbonyl (C=O) groups excluding carboxylic acids is 1. The molecule has 1 amide bonds. The highest BCUT2D eigenvalue weighted by molar-refractivity contribution is 9.10. The molecule has 5 heteroatoms. The molecular formula is C15H21BrN2O2. The maximum Gasteiger partial charge on any atom is 0.251 e. The molecule has 1 aliphatic carbocycles. The highest BCUT2D eigenvalue weighted by Gasteiger charge is 2.35. The van der Waals surface area contributed by atoms with Gasteiger partial charge in [-0.15, -0.1) is 0 Å². The minimum Gasteiger partial charge on any atom is -0.399 e. The molecule has 1 aromatic carbocycles. The van der Waals surface area contributed by atoms with E-state index in [0.29, 0.717) is 17.2 Å². The fraction of sp³-hybridized carbons (Fsp3) is 0.533. The smallest absolute Gasteiger partial charge is 0.251 e. The summed E-state index contributed by atoms with van der Waals surface area (Å²) in [6.07, 6.45) is 3.83. The molecule has 4 N–H and O–H groups in total. The third-order valence-corrected chi connectivity index (χ3v) is 4.41. The number of halogens is 1. The second-order valence-corrected chi connectivity index (χ2v) is 6.78. The normalized spacial score (nSPS) is 26.2. The maximum atomic E-state index is 12.4. The molecule has 1 saturated carbocycles. The predicted molar refractivity (Wildman–Crippen MR) is 83.5 cm³/mol. The summed E-state index contributed by atoms with van der Waals surface area (Å²) >= 11 is 3.34. The van der Waals surface area contributed by atoms with Crippen molar-refractivity contribution in [1.29, 1.82) is 0 Å². The van der Waals surface area contributed by atoms with Crippen molar-refractivity contribution < 1.29 is 9.90 Å². The first kappa shape index (κ1) is 15.3. The van der Waals surface area contributed by atoms with Crippen LogP contribution in [0.4, 0.5) is 5.69 Å². The van der Waals surface area contributed by atoms with E-state index in [4.69, 9.17) is 5.73 Å². The molecule has 4 nitrogen and oxygen atoms in total. The van der Waals surface area contributed by atoms with E-state index in [-0.39, 0.29) is 12.5 Å². The highest BCUT2D eigenvalue weighted by Crippen LogP contribution is 2.32. The summed E-state index contributed by atoms with van der Waals surface area (Å²) in [5.41, 5.74) is 6.32. The standard InChI is InChI=1S/C15H21BrN2O2/c1-10-3-2-4-15(8-10,9-19)18-14(20)11-5-12(16)7-13(17)6-11/h5-7,10,19H,2-4,8-9,17H2,1H3,(H,18,20). The molecule has 0 bridgehead atoms. The molecule has 2 atom stereocenters. The topological polar surface area (TPSA) is 75.3 Å². The number of nitrogens with two attached hydrogens (primary N) is 1. The summed E-state index contributed by atoms with van der Waals surface area (Å²) in [6.45, 7) is 2.14. The molecular weight excluding hydrogens is 320 g/mol. The number of hydrogen-bond acceptors (Lipinski definition) is 3. The zero-order valence-electron chi connectivity index (χ0n) is 11.7. The first-order valence-corrected chi connectivity index (χ1v) is 7.73. The van der Waals surface area contributed by atoms with Crippen molar-refractivity contribution in [3.63, 3.8) is 0 Å². The quantitative estimate of drug-likeness (QED) is 0.740. The number of nitrogen functional groups attached to an aromatic ring is 1. The van der Waals surface area contributed by atoms with E-state index in [1.54, 1.807) is 18.2 Å². The Morgan fingerprint density at radius 3 is 2.90 bits per heavy atom. The fourth-order valence-electron chi connectivity index (χ4n) is 3.01. The second-order valence-electron chi connectivity index (χ2n) is 5.87. The Bertz CT molecular complexity index is 486. The number of hydrogen-bond donors (Lipinski definition) is 3. The van der Waals surface area contributed by atoms with Gasteiger partial charge in [0.1, 0.15) is 0 Å². The second kappa shape index (κ2) is 6.14. The molecule has 2 unspecified atom stereocenters. The van der Waals surface area contributed by atoms with Crippen molar-refractivity contribution in [2.24, 2.45) is 5.92 Å². The van der Waals surface area contributed by atoms with Crippen molar-refractivity contribution >= 4 is 27.5 Å². The third-order valence-electron chi connectivity index (χ3n) is 3.96. The summed E-state index contributed by atoms with van der Waals surface area (Å²) in [4.78, 5) is 12.4. The van der Waals surface area contributed by atoms with Crippen LogP contribution in [0.25, 0.3) is 0 Å². The first-order chi connectivity index (χ1) is 9.44. The predicted octanol–water partition coefficient (Wildman–Crippen LogP) is 2.70. The zero-order chi connectivity index (χ0) is 14.8. The lowest BCUT2D eigenvalue weighted by atomic mass is 9.76. The fourth-order valence-corrected chi connectivity index (χ4v) is 3.52. The lowest BCUT2D eigenvalue weighted by molar-refractivity contribution is 0.0697. The van der Waals surface area contributed by atoms with Crippen LogP contribution in [-0.4, -0.2) is 23.2 Å². The molecule has 1 aromatic rings. The lowest BCUT2D eigenvalue weighted by Crippen LogP contribution is -2.53. The molecule has 1 aliphatic rings. The van der Waals surface area contributed by atoms with Crippen molar-refractivity contribution in [1.82, 2.24) is 5.32 Å². The van der Waals surface area contributed by atoms with Crippen LogP contribution in [0.2, 0.25) is 0 Å². The molecule has 0 spiro atoms. The number of aliphatic hydroxyl groups is 1. The van der Waals surface area contributed by atoms with Gasteiger partial charge in [0, 0.05) is 15.7 Å². The van der Waals surface area contributed by atoms with Crippen LogP contribution in [0.15, 0.2) is 22.7 Å². The molecule has 2 rings (SSSR count). The van der Waals surface area contributed by atoms with Gasteiger partial charge in [0.15, 0.2) is 0 Å². The number of amides is 1. The molecule has 0 aromatic heterocycles. The Balaban J connectivity index is 2.16. The van der Waals surface area contributed by atoms with E-state index in [9.17, 15) is 9.90 Å². The summed E-state index contributed by atoms with van der Waals surface area (Å²) in [6, 6.07) is 5.14. The van der Waals surface area contributed by atoms with Crippen molar-refractivity contribution in [3.8, 4) is 0 Å². The van der Waals surface area contributed by atoms with E-state index in [0.717, 1.165) is 30.2 Å². The van der Waals surface area contributed by atoms with E-state index in [1.165, 1.54) is 0 Å². The number of nitrogens with one attached hydrogen (secondary N) is 1. The number of carbonyl (C=O) groups is 1. The van der Waals surface area contributed by atoms with Crippen LogP contribution in [0.1, 0.15) is 43.0 Å². The lowest BCUT2D eigenvalue weighted by Gasteiger charge is -2.39. The molecule has 0 radical (unpaired) electrons. The summed E-state index contributed by atoms with van der Waals surface area (Å²) in [5, 5.41) is 12.7. The van der Waals surface area contributed by atoms with Gasteiger partial charge in [0.05, 0.1) is 12.1 Å². The highest BCUT2D eigenvalue weighted by atomic mass is 79.9. The van der Waals surface area contributed by atoms with Gasteiger partial charge in [0.2, 0.25) is 0 Å². The Morgan fingerprint density at radius 1 is 1.55 bits per heavy atom. The number of rotatable bonds is 3. The minimum absolute atomic E-state index is 0.0213. The van der Waals surface area contributed by atoms with Crippen molar-refractivity contribution in [2.45, 2.75) is 38.1 Å². The maximum absolute atomic E-state index is 12.4. The van der Waals surface area contributed by atoms with Gasteiger partial charge >= 0.3 is 0 Å². The SMILES string of the molecule is CC1CCCC(CO)(NC(=O)c2cc(N)cc(Br)c2)C1. The van der Waals surface area contributed by atoms with E-state index in [1.807, 2.05) is 0 Å². The number of anilines is 1. The largest absolute Gasteiger partial charge is 0.399 e. The van der Waals surface area contributed by atoms with Gasteiger partial charge in [-0.2, -0.15) is 0 Å². The minimum atomic E-state index is -0.494. The van der Waals surface area contributed by atoms with Crippen LogP contribution in [-0.2, 0) is 0 Å². The molecule has 0 saturated heterocycles. The summed E-state index contributed by atoms with van der Waals surface area (Å²) < 4.78 is 0.776. The van der Waals surface area contributed by atoms with Crippen LogP contribution in [0, 0.1) is 5.92 Å². The molecule has 0 heterocycles. The Labute approximate surface area is 127 Å². The van der Waals surface area contributed by atoms with Gasteiger partial charge in [-0.25, -0.2) is 0 Å². The van der Waals surface area contributed by atoms with Gasteiger partial charge in [-0.3, -0.25) is 4.79 Å². The molecule has 20 heavy (non-hydrogen) atoms. The Kier molecular flexibility index (Phi) is 4.70. The number of aliphatic hydroxyl groups excluding tert-OH is 1. The molecule has 0 aliphatic heterocycles. The van der Waals surface area contributed by atoms with E-state index < -0.39 is 5.54 Å². The van der Waals surface area contributed by atoms with E-state index >= 15 is 0 Å². The third kappa shape index (κ3) is 3.52. The molecule has 110 valence electrons. The van der Waals surface area contributed by atoms with Gasteiger partial charge in [-0.05, 0) is 37.0 Å². The summed E-state index contributed by atoms with van der Waals surface area (Å²) in [5.74, 6) is 0.338. The first-order valence-electron chi connectivity index (χ1n) is 6.93. The monoisotopic (exact) mass is 340 g/mol. The van der Waals surface area contributed by atoms with Crippen molar-refractivity contribution in [3.05, 3.63) is 28.2 Å². The van der Waals surface area contributed by atoms with Crippen LogP contribution in [0.5, 0.6) is 0 Å². The number of benzene rings is 1. The van der Waals surface area contributed by atoms with E-state index in [2.05, 4.69) is 28.2 Å². The van der Waals surface area contributed by atoms with Crippen molar-refractivity contribution in [2.75, 3.05) is 12.3 Å². The van der Waals surface area contributed by atoms with Crippen LogP contribution < -0.4 is 11.1 Å². The Hall–Kier alpha value is -1.07. The van der Waals surface area contributed by atoms with Crippen LogP contribution in [0.3, 0.4) is 0 Å². The van der Waals surface area contributed by atoms with Gasteiger partial charge < -0.3 is 16.2 Å². The van der Waals surface area contributed by atoms with Gasteiger partial charge in [0.25, 0.3) is 5.91 Å². The zero-order valence-corrected chi connectivity index (χ0v) is 13.2.